The molecule has 1 atom stereocenters. The molecule has 9 heteroatoms. The zero-order chi connectivity index (χ0) is 14.2. The Balaban J connectivity index is 0.00000144. The molecule has 22 heavy (non-hydrogen) atoms. The fraction of sp³-hybridized carbons (Fsp3) is 0.385. The molecular weight excluding hydrogens is 415 g/mol. The van der Waals surface area contributed by atoms with Gasteiger partial charge in [0.2, 0.25) is 0 Å². The van der Waals surface area contributed by atoms with Crippen molar-refractivity contribution >= 4 is 41.1 Å². The molecule has 4 heterocycles. The van der Waals surface area contributed by atoms with E-state index in [1.54, 1.807) is 11.3 Å². The zero-order valence-electron chi connectivity index (χ0n) is 12.0. The van der Waals surface area contributed by atoms with Gasteiger partial charge in [0.25, 0.3) is 0 Å². The number of aryl methyl sites for hydroxylation is 1. The van der Waals surface area contributed by atoms with Crippen molar-refractivity contribution in [3.8, 4) is 0 Å². The third kappa shape index (κ3) is 2.98. The molecule has 0 radical (unpaired) electrons. The Bertz CT molecular complexity index is 642. The maximum Gasteiger partial charge on any atom is 0.170 e. The van der Waals surface area contributed by atoms with Crippen LogP contribution < -0.4 is 11.1 Å². The number of nitrogens with zero attached hydrogens (tertiary/aromatic N) is 4. The van der Waals surface area contributed by atoms with Crippen LogP contribution in [0.1, 0.15) is 16.8 Å². The van der Waals surface area contributed by atoms with E-state index in [9.17, 15) is 0 Å². The number of morpholine rings is 1. The van der Waals surface area contributed by atoms with E-state index >= 15 is 0 Å². The van der Waals surface area contributed by atoms with Crippen LogP contribution in [0, 0.1) is 6.92 Å². The number of aromatic nitrogens is 1. The lowest BCUT2D eigenvalue weighted by atomic mass is 10.2. The van der Waals surface area contributed by atoms with Crippen LogP contribution in [-0.4, -0.2) is 40.4 Å². The highest BCUT2D eigenvalue weighted by Crippen LogP contribution is 2.27. The minimum absolute atomic E-state index is 0. The molecule has 3 aliphatic heterocycles. The van der Waals surface area contributed by atoms with Crippen LogP contribution in [0.15, 0.2) is 34.5 Å². The number of hydrogen-bond donors (Lipinski definition) is 2. The number of amidine groups is 1. The number of halogens is 1. The van der Waals surface area contributed by atoms with Crippen LogP contribution in [0.3, 0.4) is 0 Å². The Labute approximate surface area is 149 Å². The third-order valence-electron chi connectivity index (χ3n) is 3.60. The summed E-state index contributed by atoms with van der Waals surface area (Å²) >= 11 is 1.67. The minimum atomic E-state index is 0. The molecule has 0 aromatic carbocycles. The molecule has 7 nitrogen and oxygen atoms in total. The molecule has 118 valence electrons. The van der Waals surface area contributed by atoms with Crippen molar-refractivity contribution in [2.75, 3.05) is 19.7 Å². The zero-order valence-corrected chi connectivity index (χ0v) is 15.2. The van der Waals surface area contributed by atoms with Crippen LogP contribution in [0.25, 0.3) is 0 Å². The summed E-state index contributed by atoms with van der Waals surface area (Å²) in [6.07, 6.45) is 6.15. The largest absolute Gasteiger partial charge is 0.367 e. The lowest BCUT2D eigenvalue weighted by Gasteiger charge is -2.35. The highest BCUT2D eigenvalue weighted by Gasteiger charge is 2.27. The summed E-state index contributed by atoms with van der Waals surface area (Å²) in [4.78, 5) is 6.86. The molecule has 1 fully saturated rings. The standard InChI is InChI=1S/C13H16N6OS.HI/c1-9-8-21-13(14-9)11-7-18(4-5-20-11)10-2-3-12-15-16-17-19(12)6-10;/h2-3,6,8,11,16-17H,4-5,7H2,1H3;1H/t11-;/m1./s1. The summed E-state index contributed by atoms with van der Waals surface area (Å²) in [6.45, 7) is 4.42. The average molecular weight is 432 g/mol. The predicted molar refractivity (Wildman–Crippen MR) is 95.3 cm³/mol. The van der Waals surface area contributed by atoms with Crippen molar-refractivity contribution in [1.29, 1.82) is 0 Å². The normalized spacial score (nSPS) is 23.4. The molecule has 0 spiro atoms. The summed E-state index contributed by atoms with van der Waals surface area (Å²) in [7, 11) is 0. The van der Waals surface area contributed by atoms with Gasteiger partial charge in [-0.05, 0) is 19.1 Å². The molecule has 0 aliphatic carbocycles. The fourth-order valence-corrected chi connectivity index (χ4v) is 3.37. The average Bonchev–Trinajstić information content (AvgIpc) is 3.15. The molecule has 1 aromatic heterocycles. The number of hydrogen-bond acceptors (Lipinski definition) is 8. The first-order valence-corrected chi connectivity index (χ1v) is 7.73. The Hall–Kier alpha value is -1.17. The molecule has 0 bridgehead atoms. The van der Waals surface area contributed by atoms with Crippen molar-refractivity contribution in [2.45, 2.75) is 13.0 Å². The van der Waals surface area contributed by atoms with E-state index < -0.39 is 0 Å². The molecule has 0 unspecified atom stereocenters. The lowest BCUT2D eigenvalue weighted by molar-refractivity contribution is -0.0175. The number of hydrazine groups is 2. The van der Waals surface area contributed by atoms with Crippen molar-refractivity contribution in [3.63, 3.8) is 0 Å². The SMILES string of the molecule is Cc1csc([C@H]2CN(C3=CN4NNN=C4C=C3)CCO2)n1.I. The van der Waals surface area contributed by atoms with Crippen molar-refractivity contribution < 1.29 is 4.74 Å². The lowest BCUT2D eigenvalue weighted by Crippen LogP contribution is -2.42. The first-order valence-electron chi connectivity index (χ1n) is 6.86. The number of allylic oxidation sites excluding steroid dienone is 1. The van der Waals surface area contributed by atoms with Gasteiger partial charge in [0, 0.05) is 23.8 Å². The topological polar surface area (TPSA) is 65.0 Å². The number of nitrogens with one attached hydrogen (secondary N) is 2. The monoisotopic (exact) mass is 432 g/mol. The number of rotatable bonds is 2. The third-order valence-corrected chi connectivity index (χ3v) is 4.65. The van der Waals surface area contributed by atoms with Gasteiger partial charge in [-0.3, -0.25) is 0 Å². The van der Waals surface area contributed by atoms with Gasteiger partial charge in [-0.1, -0.05) is 0 Å². The summed E-state index contributed by atoms with van der Waals surface area (Å²) in [6, 6.07) is 0. The number of thiazole rings is 1. The summed E-state index contributed by atoms with van der Waals surface area (Å²) in [5.74, 6) is 0.860. The van der Waals surface area contributed by atoms with Crippen LogP contribution in [0.2, 0.25) is 0 Å². The summed E-state index contributed by atoms with van der Waals surface area (Å²) in [5, 5.41) is 9.10. The second-order valence-corrected chi connectivity index (χ2v) is 5.97. The Morgan fingerprint density at radius 3 is 3.14 bits per heavy atom. The van der Waals surface area contributed by atoms with Crippen LogP contribution >= 0.6 is 35.3 Å². The Kier molecular flexibility index (Phi) is 4.66. The quantitative estimate of drug-likeness (QED) is 0.691. The van der Waals surface area contributed by atoms with Crippen LogP contribution in [0.4, 0.5) is 0 Å². The first-order chi connectivity index (χ1) is 10.3. The summed E-state index contributed by atoms with van der Waals surface area (Å²) < 4.78 is 5.87. The maximum atomic E-state index is 5.87. The van der Waals surface area contributed by atoms with Crippen molar-refractivity contribution in [3.05, 3.63) is 40.1 Å². The second kappa shape index (κ2) is 6.52. The first kappa shape index (κ1) is 15.7. The van der Waals surface area contributed by atoms with Crippen LogP contribution in [-0.2, 0) is 4.74 Å². The predicted octanol–water partition coefficient (Wildman–Crippen LogP) is 1.49. The number of hydrazone groups is 1. The molecule has 0 amide bonds. The van der Waals surface area contributed by atoms with Gasteiger partial charge in [0.1, 0.15) is 11.1 Å². The van der Waals surface area contributed by atoms with Gasteiger partial charge in [0.05, 0.1) is 18.8 Å². The molecule has 1 aromatic rings. The smallest absolute Gasteiger partial charge is 0.170 e. The van der Waals surface area contributed by atoms with Gasteiger partial charge < -0.3 is 9.64 Å². The maximum absolute atomic E-state index is 5.87. The molecule has 4 rings (SSSR count). The molecule has 1 saturated heterocycles. The Morgan fingerprint density at radius 1 is 1.41 bits per heavy atom. The highest BCUT2D eigenvalue weighted by molar-refractivity contribution is 14.0. The van der Waals surface area contributed by atoms with Gasteiger partial charge in [0.15, 0.2) is 5.84 Å². The van der Waals surface area contributed by atoms with Crippen molar-refractivity contribution in [1.82, 2.24) is 26.0 Å². The fourth-order valence-electron chi connectivity index (χ4n) is 2.54. The van der Waals surface area contributed by atoms with Gasteiger partial charge in [-0.15, -0.1) is 45.9 Å². The van der Waals surface area contributed by atoms with E-state index in [2.05, 4.69) is 37.5 Å². The molecule has 2 N–H and O–H groups in total. The highest BCUT2D eigenvalue weighted by atomic mass is 127. The molecule has 3 aliphatic rings. The van der Waals surface area contributed by atoms with Crippen molar-refractivity contribution in [2.24, 2.45) is 5.10 Å². The number of fused-ring (bicyclic) bond motifs is 1. The molecular formula is C13H17IN6OS. The van der Waals surface area contributed by atoms with E-state index in [-0.39, 0.29) is 30.1 Å². The molecule has 0 saturated carbocycles. The van der Waals surface area contributed by atoms with E-state index in [0.717, 1.165) is 35.3 Å². The van der Waals surface area contributed by atoms with Gasteiger partial charge >= 0.3 is 0 Å². The van der Waals surface area contributed by atoms with Gasteiger partial charge in [-0.25, -0.2) is 15.5 Å². The van der Waals surface area contributed by atoms with E-state index in [4.69, 9.17) is 4.74 Å². The summed E-state index contributed by atoms with van der Waals surface area (Å²) in [5.41, 5.74) is 7.90. The van der Waals surface area contributed by atoms with E-state index in [1.165, 1.54) is 0 Å². The van der Waals surface area contributed by atoms with E-state index in [0.29, 0.717) is 6.61 Å². The minimum Gasteiger partial charge on any atom is -0.367 e. The Morgan fingerprint density at radius 2 is 2.32 bits per heavy atom. The van der Waals surface area contributed by atoms with Gasteiger partial charge in [-0.2, -0.15) is 0 Å². The van der Waals surface area contributed by atoms with E-state index in [1.807, 2.05) is 24.2 Å². The van der Waals surface area contributed by atoms with Crippen LogP contribution in [0.5, 0.6) is 0 Å². The second-order valence-electron chi connectivity index (χ2n) is 5.08. The number of ether oxygens (including phenoxy) is 1.